The summed E-state index contributed by atoms with van der Waals surface area (Å²) in [4.78, 5) is 4.94. The minimum absolute atomic E-state index is 0.150. The van der Waals surface area contributed by atoms with Crippen LogP contribution in [-0.4, -0.2) is 10.1 Å². The minimum Gasteiger partial charge on any atom is -0.508 e. The van der Waals surface area contributed by atoms with Crippen LogP contribution in [0.1, 0.15) is 54.8 Å². The molecule has 1 aliphatic rings. The SMILES string of the molecule is Cc1coc2c3ccc4c(c3c3oc(Cc5ccc(O)cc5)nc3c12)CCCC4(C)C. The zero-order chi connectivity index (χ0) is 21.3. The number of nitrogens with zero attached hydrogens (tertiary/aromatic N) is 1. The summed E-state index contributed by atoms with van der Waals surface area (Å²) in [5.41, 5.74) is 7.72. The van der Waals surface area contributed by atoms with Gasteiger partial charge < -0.3 is 13.9 Å². The van der Waals surface area contributed by atoms with Gasteiger partial charge in [0, 0.05) is 17.2 Å². The van der Waals surface area contributed by atoms with Crippen LogP contribution in [0.3, 0.4) is 0 Å². The molecule has 0 amide bonds. The van der Waals surface area contributed by atoms with Gasteiger partial charge in [-0.25, -0.2) is 4.98 Å². The van der Waals surface area contributed by atoms with Crippen LogP contribution in [0.2, 0.25) is 0 Å². The summed E-state index contributed by atoms with van der Waals surface area (Å²) >= 11 is 0. The maximum absolute atomic E-state index is 9.59. The van der Waals surface area contributed by atoms with Gasteiger partial charge in [-0.2, -0.15) is 0 Å². The van der Waals surface area contributed by atoms with Gasteiger partial charge in [0.2, 0.25) is 0 Å². The molecule has 1 aliphatic carbocycles. The van der Waals surface area contributed by atoms with Crippen molar-refractivity contribution >= 4 is 32.8 Å². The van der Waals surface area contributed by atoms with Crippen LogP contribution < -0.4 is 0 Å². The van der Waals surface area contributed by atoms with E-state index in [1.807, 2.05) is 18.4 Å². The molecule has 1 N–H and O–H groups in total. The average Bonchev–Trinajstić information content (AvgIpc) is 3.32. The Kier molecular flexibility index (Phi) is 3.80. The van der Waals surface area contributed by atoms with E-state index in [4.69, 9.17) is 13.8 Å². The fourth-order valence-electron chi connectivity index (χ4n) is 5.34. The predicted molar refractivity (Wildman–Crippen MR) is 123 cm³/mol. The minimum atomic E-state index is 0.150. The van der Waals surface area contributed by atoms with Crippen LogP contribution in [0.15, 0.2) is 51.5 Å². The largest absolute Gasteiger partial charge is 0.508 e. The van der Waals surface area contributed by atoms with Gasteiger partial charge in [0.15, 0.2) is 11.5 Å². The van der Waals surface area contributed by atoms with Crippen molar-refractivity contribution in [3.05, 3.63) is 70.8 Å². The van der Waals surface area contributed by atoms with Crippen LogP contribution in [0.4, 0.5) is 0 Å². The van der Waals surface area contributed by atoms with Crippen molar-refractivity contribution in [1.29, 1.82) is 0 Å². The highest BCUT2D eigenvalue weighted by Crippen LogP contribution is 2.45. The van der Waals surface area contributed by atoms with Crippen LogP contribution in [0, 0.1) is 6.92 Å². The second-order valence-corrected chi connectivity index (χ2v) is 9.50. The molecule has 0 radical (unpaired) electrons. The van der Waals surface area contributed by atoms with E-state index in [2.05, 4.69) is 32.9 Å². The lowest BCUT2D eigenvalue weighted by atomic mass is 9.71. The summed E-state index contributed by atoms with van der Waals surface area (Å²) in [6.45, 7) is 6.73. The van der Waals surface area contributed by atoms with Gasteiger partial charge in [-0.05, 0) is 66.0 Å². The molecule has 0 atom stereocenters. The Morgan fingerprint density at radius 1 is 1.03 bits per heavy atom. The molecule has 31 heavy (non-hydrogen) atoms. The Balaban J connectivity index is 1.67. The van der Waals surface area contributed by atoms with E-state index < -0.39 is 0 Å². The summed E-state index contributed by atoms with van der Waals surface area (Å²) in [5, 5.41) is 12.9. The van der Waals surface area contributed by atoms with Crippen molar-refractivity contribution in [1.82, 2.24) is 4.98 Å². The Morgan fingerprint density at radius 3 is 2.65 bits per heavy atom. The number of rotatable bonds is 2. The molecule has 2 heterocycles. The first kappa shape index (κ1) is 18.5. The van der Waals surface area contributed by atoms with Crippen molar-refractivity contribution in [3.8, 4) is 5.75 Å². The third-order valence-corrected chi connectivity index (χ3v) is 6.92. The molecule has 156 valence electrons. The van der Waals surface area contributed by atoms with E-state index in [1.54, 1.807) is 12.1 Å². The zero-order valence-electron chi connectivity index (χ0n) is 18.1. The molecular formula is C27H25NO3. The van der Waals surface area contributed by atoms with E-state index in [1.165, 1.54) is 24.0 Å². The van der Waals surface area contributed by atoms with Crippen LogP contribution >= 0.6 is 0 Å². The van der Waals surface area contributed by atoms with Crippen molar-refractivity contribution in [2.45, 2.75) is 51.9 Å². The highest BCUT2D eigenvalue weighted by Gasteiger charge is 2.31. The molecule has 4 heteroatoms. The molecule has 0 fully saturated rings. The van der Waals surface area contributed by atoms with Gasteiger partial charge in [0.05, 0.1) is 11.6 Å². The lowest BCUT2D eigenvalue weighted by Gasteiger charge is -2.33. The molecule has 3 aromatic carbocycles. The van der Waals surface area contributed by atoms with Crippen LogP contribution in [0.5, 0.6) is 5.75 Å². The lowest BCUT2D eigenvalue weighted by Crippen LogP contribution is -2.23. The number of furan rings is 1. The maximum atomic E-state index is 9.59. The second-order valence-electron chi connectivity index (χ2n) is 9.50. The molecule has 0 unspecified atom stereocenters. The summed E-state index contributed by atoms with van der Waals surface area (Å²) in [6.07, 6.45) is 5.81. The van der Waals surface area contributed by atoms with E-state index in [0.29, 0.717) is 12.3 Å². The highest BCUT2D eigenvalue weighted by atomic mass is 16.4. The number of aromatic nitrogens is 1. The summed E-state index contributed by atoms with van der Waals surface area (Å²) in [6, 6.07) is 11.7. The van der Waals surface area contributed by atoms with Gasteiger partial charge in [-0.15, -0.1) is 0 Å². The van der Waals surface area contributed by atoms with Crippen molar-refractivity contribution < 1.29 is 13.9 Å². The first-order valence-electron chi connectivity index (χ1n) is 11.0. The van der Waals surface area contributed by atoms with Crippen LogP contribution in [-0.2, 0) is 18.3 Å². The lowest BCUT2D eigenvalue weighted by molar-refractivity contribution is 0.433. The quantitative estimate of drug-likeness (QED) is 0.342. The highest BCUT2D eigenvalue weighted by molar-refractivity contribution is 6.22. The Bertz CT molecular complexity index is 1470. The number of benzene rings is 3. The first-order chi connectivity index (χ1) is 14.9. The Labute approximate surface area is 180 Å². The van der Waals surface area contributed by atoms with Gasteiger partial charge in [-0.3, -0.25) is 0 Å². The van der Waals surface area contributed by atoms with Crippen molar-refractivity contribution in [2.24, 2.45) is 0 Å². The molecule has 5 aromatic rings. The molecular weight excluding hydrogens is 386 g/mol. The normalized spacial score (nSPS) is 15.7. The van der Waals surface area contributed by atoms with Gasteiger partial charge in [0.1, 0.15) is 16.8 Å². The smallest absolute Gasteiger partial charge is 0.199 e. The van der Waals surface area contributed by atoms with E-state index >= 15 is 0 Å². The molecule has 0 saturated heterocycles. The van der Waals surface area contributed by atoms with Gasteiger partial charge >= 0.3 is 0 Å². The number of fused-ring (bicyclic) bond motifs is 8. The first-order valence-corrected chi connectivity index (χ1v) is 11.0. The standard InChI is InChI=1S/C27H25NO3/c1-15-14-30-25-19-10-11-20-18(5-4-12-27(20,2)3)23(19)26-24(22(15)25)28-21(31-26)13-16-6-8-17(29)9-7-16/h6-11,14,29H,4-5,12-13H2,1-3H3. The molecule has 0 bridgehead atoms. The predicted octanol–water partition coefficient (Wildman–Crippen LogP) is 6.95. The number of phenolic OH excluding ortho intramolecular Hbond substituents is 1. The second kappa shape index (κ2) is 6.36. The number of aromatic hydroxyl groups is 1. The number of aryl methyl sites for hydroxylation is 2. The topological polar surface area (TPSA) is 59.4 Å². The fourth-order valence-corrected chi connectivity index (χ4v) is 5.34. The van der Waals surface area contributed by atoms with E-state index in [0.717, 1.165) is 50.4 Å². The van der Waals surface area contributed by atoms with Crippen molar-refractivity contribution in [2.75, 3.05) is 0 Å². The van der Waals surface area contributed by atoms with Crippen molar-refractivity contribution in [3.63, 3.8) is 0 Å². The maximum Gasteiger partial charge on any atom is 0.199 e. The molecule has 0 saturated carbocycles. The Morgan fingerprint density at radius 2 is 1.84 bits per heavy atom. The number of phenols is 1. The molecule has 6 rings (SSSR count). The van der Waals surface area contributed by atoms with Gasteiger partial charge in [0.25, 0.3) is 0 Å². The van der Waals surface area contributed by atoms with Crippen LogP contribution in [0.25, 0.3) is 32.8 Å². The molecule has 0 aliphatic heterocycles. The zero-order valence-corrected chi connectivity index (χ0v) is 18.1. The molecule has 2 aromatic heterocycles. The number of hydrogen-bond donors (Lipinski definition) is 1. The third kappa shape index (κ3) is 2.71. The summed E-state index contributed by atoms with van der Waals surface area (Å²) in [7, 11) is 0. The fraction of sp³-hybridized carbons (Fsp3) is 0.296. The molecule has 0 spiro atoms. The summed E-state index contributed by atoms with van der Waals surface area (Å²) in [5.74, 6) is 0.944. The summed E-state index contributed by atoms with van der Waals surface area (Å²) < 4.78 is 12.5. The van der Waals surface area contributed by atoms with E-state index in [-0.39, 0.29) is 11.2 Å². The monoisotopic (exact) mass is 411 g/mol. The van der Waals surface area contributed by atoms with E-state index in [9.17, 15) is 5.11 Å². The Hall–Kier alpha value is -3.27. The molecule has 4 nitrogen and oxygen atoms in total. The third-order valence-electron chi connectivity index (χ3n) is 6.92. The average molecular weight is 412 g/mol. The number of oxazole rings is 1. The van der Waals surface area contributed by atoms with Gasteiger partial charge in [-0.1, -0.05) is 38.1 Å². The number of hydrogen-bond acceptors (Lipinski definition) is 4.